The molecule has 17 heavy (non-hydrogen) atoms. The van der Waals surface area contributed by atoms with Gasteiger partial charge in [0.05, 0.1) is 18.3 Å². The van der Waals surface area contributed by atoms with Crippen LogP contribution in [0.15, 0.2) is 47.5 Å². The lowest BCUT2D eigenvalue weighted by molar-refractivity contribution is -0.138. The van der Waals surface area contributed by atoms with Crippen LogP contribution in [0.3, 0.4) is 0 Å². The van der Waals surface area contributed by atoms with E-state index in [0.717, 1.165) is 5.69 Å². The van der Waals surface area contributed by atoms with Gasteiger partial charge in [-0.05, 0) is 26.0 Å². The molecular weight excluding hydrogens is 216 g/mol. The zero-order valence-corrected chi connectivity index (χ0v) is 10.1. The predicted octanol–water partition coefficient (Wildman–Crippen LogP) is 3.20. The van der Waals surface area contributed by atoms with E-state index in [0.29, 0.717) is 12.2 Å². The van der Waals surface area contributed by atoms with Crippen molar-refractivity contribution < 1.29 is 9.53 Å². The number of carbonyl (C=O) groups excluding carboxylic acids is 1. The fourth-order valence-electron chi connectivity index (χ4n) is 0.821. The second-order valence-electron chi connectivity index (χ2n) is 3.06. The average Bonchev–Trinajstić information content (AvgIpc) is 2.32. The summed E-state index contributed by atoms with van der Waals surface area (Å²) < 4.78 is 4.56. The lowest BCUT2D eigenvalue weighted by Crippen LogP contribution is -2.03. The van der Waals surface area contributed by atoms with Gasteiger partial charge in [-0.25, -0.2) is 10.2 Å². The molecule has 0 aliphatic rings. The monoisotopic (exact) mass is 232 g/mol. The van der Waals surface area contributed by atoms with Crippen molar-refractivity contribution in [2.24, 2.45) is 4.99 Å². The third-order valence-electron chi connectivity index (χ3n) is 1.57. The summed E-state index contributed by atoms with van der Waals surface area (Å²) in [5, 5.41) is 6.52. The first-order chi connectivity index (χ1) is 8.11. The molecule has 4 nitrogen and oxygen atoms in total. The molecule has 90 valence electrons. The SMILES string of the molecule is C=C(C)C(=O)OCC.N=C=Nc1ccccc1. The van der Waals surface area contributed by atoms with Gasteiger partial charge >= 0.3 is 5.97 Å². The van der Waals surface area contributed by atoms with Gasteiger partial charge in [0.15, 0.2) is 0 Å². The van der Waals surface area contributed by atoms with Gasteiger partial charge in [-0.15, -0.1) is 0 Å². The highest BCUT2D eigenvalue weighted by molar-refractivity contribution is 5.86. The number of ether oxygens (including phenoxy) is 1. The predicted molar refractivity (Wildman–Crippen MR) is 67.7 cm³/mol. The summed E-state index contributed by atoms with van der Waals surface area (Å²) in [6, 6.07) is 11.2. The Morgan fingerprint density at radius 3 is 2.41 bits per heavy atom. The van der Waals surface area contributed by atoms with Crippen LogP contribution >= 0.6 is 0 Å². The zero-order chi connectivity index (χ0) is 13.1. The van der Waals surface area contributed by atoms with Gasteiger partial charge in [-0.2, -0.15) is 4.99 Å². The fourth-order valence-corrected chi connectivity index (χ4v) is 0.821. The minimum atomic E-state index is -0.312. The van der Waals surface area contributed by atoms with Crippen LogP contribution in [-0.2, 0) is 9.53 Å². The maximum Gasteiger partial charge on any atom is 0.333 e. The summed E-state index contributed by atoms with van der Waals surface area (Å²) in [6.45, 7) is 7.21. The normalized spacial score (nSPS) is 8.12. The minimum absolute atomic E-state index is 0.312. The lowest BCUT2D eigenvalue weighted by atomic mass is 10.3. The van der Waals surface area contributed by atoms with Crippen molar-refractivity contribution in [3.05, 3.63) is 42.5 Å². The molecule has 0 atom stereocenters. The second kappa shape index (κ2) is 9.07. The number of nitrogens with one attached hydrogen (secondary N) is 1. The van der Waals surface area contributed by atoms with Crippen molar-refractivity contribution in [2.45, 2.75) is 13.8 Å². The molecule has 1 aromatic carbocycles. The lowest BCUT2D eigenvalue weighted by Gasteiger charge is -1.96. The first-order valence-electron chi connectivity index (χ1n) is 5.12. The number of esters is 1. The molecule has 0 aliphatic heterocycles. The van der Waals surface area contributed by atoms with Gasteiger partial charge in [-0.1, -0.05) is 24.8 Å². The van der Waals surface area contributed by atoms with E-state index in [-0.39, 0.29) is 5.97 Å². The van der Waals surface area contributed by atoms with Crippen molar-refractivity contribution in [1.82, 2.24) is 0 Å². The van der Waals surface area contributed by atoms with E-state index in [2.05, 4.69) is 16.3 Å². The number of para-hydroxylation sites is 1. The van der Waals surface area contributed by atoms with E-state index >= 15 is 0 Å². The Kier molecular flexibility index (Phi) is 7.90. The van der Waals surface area contributed by atoms with Crippen molar-refractivity contribution >= 4 is 17.7 Å². The topological polar surface area (TPSA) is 62.5 Å². The standard InChI is InChI=1S/C7H6N2.C6H10O2/c8-6-9-7-4-2-1-3-5-7;1-4-8-6(7)5(2)3/h1-5,8H;2,4H2,1,3H3. The maximum atomic E-state index is 10.4. The zero-order valence-electron chi connectivity index (χ0n) is 10.1. The van der Waals surface area contributed by atoms with Crippen LogP contribution in [0, 0.1) is 5.41 Å². The molecule has 1 N–H and O–H groups in total. The largest absolute Gasteiger partial charge is 0.463 e. The summed E-state index contributed by atoms with van der Waals surface area (Å²) in [5.41, 5.74) is 1.22. The highest BCUT2D eigenvalue weighted by Crippen LogP contribution is 2.07. The second-order valence-corrected chi connectivity index (χ2v) is 3.06. The molecule has 0 unspecified atom stereocenters. The van der Waals surface area contributed by atoms with E-state index in [9.17, 15) is 4.79 Å². The molecule has 1 aromatic rings. The maximum absolute atomic E-state index is 10.4. The van der Waals surface area contributed by atoms with Crippen molar-refractivity contribution in [1.29, 1.82) is 5.41 Å². The van der Waals surface area contributed by atoms with Crippen LogP contribution < -0.4 is 0 Å². The molecule has 0 aromatic heterocycles. The molecule has 0 aliphatic carbocycles. The first-order valence-corrected chi connectivity index (χ1v) is 5.12. The molecule has 0 heterocycles. The van der Waals surface area contributed by atoms with Crippen LogP contribution in [0.4, 0.5) is 5.69 Å². The quantitative estimate of drug-likeness (QED) is 0.494. The number of hydrogen-bond acceptors (Lipinski definition) is 4. The summed E-state index contributed by atoms with van der Waals surface area (Å²) in [7, 11) is 0. The van der Waals surface area contributed by atoms with Gasteiger partial charge in [0.25, 0.3) is 0 Å². The molecule has 0 bridgehead atoms. The molecule has 0 saturated heterocycles. The summed E-state index contributed by atoms with van der Waals surface area (Å²) in [5.74, 6) is -0.312. The Bertz CT molecular complexity index is 407. The highest BCUT2D eigenvalue weighted by Gasteiger charge is 1.98. The van der Waals surface area contributed by atoms with Crippen LogP contribution in [0.25, 0.3) is 0 Å². The van der Waals surface area contributed by atoms with Gasteiger partial charge in [0.2, 0.25) is 0 Å². The summed E-state index contributed by atoms with van der Waals surface area (Å²) >= 11 is 0. The summed E-state index contributed by atoms with van der Waals surface area (Å²) in [4.78, 5) is 14.0. The molecule has 0 spiro atoms. The van der Waals surface area contributed by atoms with E-state index in [1.165, 1.54) is 0 Å². The average molecular weight is 232 g/mol. The van der Waals surface area contributed by atoms with E-state index in [1.807, 2.05) is 36.3 Å². The van der Waals surface area contributed by atoms with Crippen LogP contribution in [0.5, 0.6) is 0 Å². The molecule has 0 amide bonds. The van der Waals surface area contributed by atoms with Crippen LogP contribution in [-0.4, -0.2) is 18.6 Å². The molecular formula is C13H16N2O2. The Hall–Kier alpha value is -2.19. The number of hydrogen-bond donors (Lipinski definition) is 1. The smallest absolute Gasteiger partial charge is 0.333 e. The van der Waals surface area contributed by atoms with E-state index in [1.54, 1.807) is 13.8 Å². The highest BCUT2D eigenvalue weighted by atomic mass is 16.5. The number of benzene rings is 1. The van der Waals surface area contributed by atoms with Gasteiger partial charge < -0.3 is 4.74 Å². The van der Waals surface area contributed by atoms with Gasteiger partial charge in [0, 0.05) is 5.57 Å². The van der Waals surface area contributed by atoms with Gasteiger partial charge in [-0.3, -0.25) is 0 Å². The van der Waals surface area contributed by atoms with Crippen LogP contribution in [0.1, 0.15) is 13.8 Å². The Labute approximate surface area is 101 Å². The molecule has 1 rings (SSSR count). The first kappa shape index (κ1) is 14.8. The van der Waals surface area contributed by atoms with Crippen LogP contribution in [0.2, 0.25) is 0 Å². The van der Waals surface area contributed by atoms with Gasteiger partial charge in [0.1, 0.15) is 0 Å². The minimum Gasteiger partial charge on any atom is -0.463 e. The number of carbonyl (C=O) groups is 1. The third kappa shape index (κ3) is 7.71. The third-order valence-corrected chi connectivity index (χ3v) is 1.57. The number of aliphatic imine (C=N–C) groups is 1. The molecule has 0 radical (unpaired) electrons. The number of nitrogens with zero attached hydrogens (tertiary/aromatic N) is 1. The number of rotatable bonds is 3. The Morgan fingerprint density at radius 2 is 2.06 bits per heavy atom. The van der Waals surface area contributed by atoms with E-state index < -0.39 is 0 Å². The van der Waals surface area contributed by atoms with Crippen molar-refractivity contribution in [3.8, 4) is 0 Å². The Morgan fingerprint density at radius 1 is 1.47 bits per heavy atom. The summed E-state index contributed by atoms with van der Waals surface area (Å²) in [6.07, 6.45) is 0. The van der Waals surface area contributed by atoms with E-state index in [4.69, 9.17) is 5.41 Å². The fraction of sp³-hybridized carbons (Fsp3) is 0.231. The Balaban J connectivity index is 0.000000304. The molecule has 0 saturated carbocycles. The van der Waals surface area contributed by atoms with Crippen molar-refractivity contribution in [2.75, 3.05) is 6.61 Å². The molecule has 0 fully saturated rings. The van der Waals surface area contributed by atoms with Crippen molar-refractivity contribution in [3.63, 3.8) is 0 Å². The molecule has 4 heteroatoms.